The number of hydrogen-bond acceptors (Lipinski definition) is 3. The minimum Gasteiger partial charge on any atom is -0.454 e. The SMILES string of the molecule is CC1=NC(C)Cc2cc3c(cc21)OCO3. The second-order valence-corrected chi connectivity index (χ2v) is 4.13. The van der Waals surface area contributed by atoms with Gasteiger partial charge in [-0.15, -0.1) is 0 Å². The predicted molar refractivity (Wildman–Crippen MR) is 57.9 cm³/mol. The fourth-order valence-electron chi connectivity index (χ4n) is 2.25. The molecular weight excluding hydrogens is 190 g/mol. The van der Waals surface area contributed by atoms with Crippen LogP contribution in [0, 0.1) is 0 Å². The molecule has 2 aliphatic heterocycles. The van der Waals surface area contributed by atoms with Crippen LogP contribution in [0.1, 0.15) is 25.0 Å². The van der Waals surface area contributed by atoms with E-state index in [0.29, 0.717) is 12.8 Å². The Labute approximate surface area is 88.7 Å². The molecular formula is C12H13NO2. The monoisotopic (exact) mass is 203 g/mol. The molecule has 0 spiro atoms. The number of aliphatic imine (C=N–C) groups is 1. The molecule has 2 aliphatic rings. The van der Waals surface area contributed by atoms with E-state index in [1.807, 2.05) is 6.07 Å². The molecule has 0 radical (unpaired) electrons. The third-order valence-electron chi connectivity index (χ3n) is 2.92. The summed E-state index contributed by atoms with van der Waals surface area (Å²) in [5.41, 5.74) is 3.62. The van der Waals surface area contributed by atoms with Gasteiger partial charge in [0.05, 0.1) is 6.04 Å². The van der Waals surface area contributed by atoms with Gasteiger partial charge in [0.1, 0.15) is 0 Å². The predicted octanol–water partition coefficient (Wildman–Crippen LogP) is 2.17. The highest BCUT2D eigenvalue weighted by Crippen LogP contribution is 2.36. The average molecular weight is 203 g/mol. The van der Waals surface area contributed by atoms with Crippen molar-refractivity contribution in [2.24, 2.45) is 4.99 Å². The molecule has 1 unspecified atom stereocenters. The third kappa shape index (κ3) is 1.30. The first-order chi connectivity index (χ1) is 7.24. The number of hydrogen-bond donors (Lipinski definition) is 0. The normalized spacial score (nSPS) is 22.3. The molecule has 15 heavy (non-hydrogen) atoms. The molecule has 0 amide bonds. The zero-order valence-corrected chi connectivity index (χ0v) is 8.91. The first-order valence-corrected chi connectivity index (χ1v) is 5.21. The number of benzene rings is 1. The fraction of sp³-hybridized carbons (Fsp3) is 0.417. The Morgan fingerprint density at radius 1 is 1.27 bits per heavy atom. The lowest BCUT2D eigenvalue weighted by atomic mass is 9.94. The second-order valence-electron chi connectivity index (χ2n) is 4.13. The highest BCUT2D eigenvalue weighted by Gasteiger charge is 2.21. The molecule has 78 valence electrons. The Morgan fingerprint density at radius 3 is 2.80 bits per heavy atom. The smallest absolute Gasteiger partial charge is 0.231 e. The summed E-state index contributed by atoms with van der Waals surface area (Å²) in [5.74, 6) is 1.72. The zero-order valence-electron chi connectivity index (χ0n) is 8.91. The van der Waals surface area contributed by atoms with Crippen LogP contribution in [0.2, 0.25) is 0 Å². The van der Waals surface area contributed by atoms with Crippen LogP contribution < -0.4 is 9.47 Å². The number of ether oxygens (including phenoxy) is 2. The van der Waals surface area contributed by atoms with E-state index in [0.717, 1.165) is 23.6 Å². The van der Waals surface area contributed by atoms with Crippen molar-refractivity contribution in [3.05, 3.63) is 23.3 Å². The van der Waals surface area contributed by atoms with Crippen molar-refractivity contribution in [1.82, 2.24) is 0 Å². The van der Waals surface area contributed by atoms with Crippen molar-refractivity contribution in [2.45, 2.75) is 26.3 Å². The van der Waals surface area contributed by atoms with Gasteiger partial charge in [-0.05, 0) is 38.0 Å². The summed E-state index contributed by atoms with van der Waals surface area (Å²) in [6.07, 6.45) is 0.989. The van der Waals surface area contributed by atoms with Crippen LogP contribution in [0.5, 0.6) is 11.5 Å². The first kappa shape index (κ1) is 8.77. The van der Waals surface area contributed by atoms with Crippen LogP contribution in [0.25, 0.3) is 0 Å². The second kappa shape index (κ2) is 2.99. The maximum Gasteiger partial charge on any atom is 0.231 e. The summed E-state index contributed by atoms with van der Waals surface area (Å²) in [6.45, 7) is 4.53. The van der Waals surface area contributed by atoms with Gasteiger partial charge in [-0.1, -0.05) is 0 Å². The van der Waals surface area contributed by atoms with E-state index in [-0.39, 0.29) is 0 Å². The molecule has 3 heteroatoms. The van der Waals surface area contributed by atoms with Gasteiger partial charge in [-0.2, -0.15) is 0 Å². The summed E-state index contributed by atoms with van der Waals surface area (Å²) in [7, 11) is 0. The van der Waals surface area contributed by atoms with Gasteiger partial charge in [-0.3, -0.25) is 4.99 Å². The van der Waals surface area contributed by atoms with Crippen LogP contribution in [-0.2, 0) is 6.42 Å². The Hall–Kier alpha value is -1.51. The molecule has 3 rings (SSSR count). The fourth-order valence-corrected chi connectivity index (χ4v) is 2.25. The van der Waals surface area contributed by atoms with Gasteiger partial charge >= 0.3 is 0 Å². The quantitative estimate of drug-likeness (QED) is 0.647. The van der Waals surface area contributed by atoms with E-state index in [2.05, 4.69) is 24.9 Å². The third-order valence-corrected chi connectivity index (χ3v) is 2.92. The van der Waals surface area contributed by atoms with Gasteiger partial charge in [0.2, 0.25) is 6.79 Å². The van der Waals surface area contributed by atoms with E-state index in [1.54, 1.807) is 0 Å². The summed E-state index contributed by atoms with van der Waals surface area (Å²) in [6, 6.07) is 4.51. The molecule has 0 saturated carbocycles. The number of fused-ring (bicyclic) bond motifs is 2. The van der Waals surface area contributed by atoms with Crippen molar-refractivity contribution in [3.63, 3.8) is 0 Å². The van der Waals surface area contributed by atoms with Crippen LogP contribution in [0.15, 0.2) is 17.1 Å². The molecule has 1 aromatic rings. The lowest BCUT2D eigenvalue weighted by Gasteiger charge is -2.19. The standard InChI is InChI=1S/C12H13NO2/c1-7-3-9-4-11-12(15-6-14-11)5-10(9)8(2)13-7/h4-5,7H,3,6H2,1-2H3. The van der Waals surface area contributed by atoms with Crippen LogP contribution in [0.3, 0.4) is 0 Å². The molecule has 0 saturated heterocycles. The Morgan fingerprint density at radius 2 is 2.00 bits per heavy atom. The van der Waals surface area contributed by atoms with Crippen molar-refractivity contribution in [2.75, 3.05) is 6.79 Å². The van der Waals surface area contributed by atoms with E-state index in [4.69, 9.17) is 9.47 Å². The van der Waals surface area contributed by atoms with Gasteiger partial charge in [0.25, 0.3) is 0 Å². The van der Waals surface area contributed by atoms with Crippen LogP contribution in [0.4, 0.5) is 0 Å². The Balaban J connectivity index is 2.16. The summed E-state index contributed by atoms with van der Waals surface area (Å²) < 4.78 is 10.7. The molecule has 0 aliphatic carbocycles. The highest BCUT2D eigenvalue weighted by molar-refractivity contribution is 6.01. The van der Waals surface area contributed by atoms with Gasteiger partial charge in [-0.25, -0.2) is 0 Å². The minimum atomic E-state index is 0.337. The van der Waals surface area contributed by atoms with Gasteiger partial charge < -0.3 is 9.47 Å². The Kier molecular flexibility index (Phi) is 1.75. The van der Waals surface area contributed by atoms with Gasteiger partial charge in [0.15, 0.2) is 11.5 Å². The largest absolute Gasteiger partial charge is 0.454 e. The molecule has 1 aromatic carbocycles. The molecule has 1 atom stereocenters. The number of nitrogens with zero attached hydrogens (tertiary/aromatic N) is 1. The molecule has 2 heterocycles. The van der Waals surface area contributed by atoms with Crippen molar-refractivity contribution >= 4 is 5.71 Å². The van der Waals surface area contributed by atoms with Crippen LogP contribution in [-0.4, -0.2) is 18.5 Å². The van der Waals surface area contributed by atoms with E-state index < -0.39 is 0 Å². The summed E-state index contributed by atoms with van der Waals surface area (Å²) >= 11 is 0. The lowest BCUT2D eigenvalue weighted by Crippen LogP contribution is -2.16. The molecule has 0 bridgehead atoms. The minimum absolute atomic E-state index is 0.337. The average Bonchev–Trinajstić information content (AvgIpc) is 2.61. The Bertz CT molecular complexity index is 451. The topological polar surface area (TPSA) is 30.8 Å². The van der Waals surface area contributed by atoms with Gasteiger partial charge in [0, 0.05) is 11.3 Å². The van der Waals surface area contributed by atoms with E-state index in [1.165, 1.54) is 11.1 Å². The van der Waals surface area contributed by atoms with Crippen molar-refractivity contribution < 1.29 is 9.47 Å². The van der Waals surface area contributed by atoms with E-state index in [9.17, 15) is 0 Å². The maximum absolute atomic E-state index is 5.37. The maximum atomic E-state index is 5.37. The zero-order chi connectivity index (χ0) is 10.4. The summed E-state index contributed by atoms with van der Waals surface area (Å²) in [4.78, 5) is 4.57. The summed E-state index contributed by atoms with van der Waals surface area (Å²) in [5, 5.41) is 0. The van der Waals surface area contributed by atoms with Crippen LogP contribution >= 0.6 is 0 Å². The first-order valence-electron chi connectivity index (χ1n) is 5.21. The number of rotatable bonds is 0. The van der Waals surface area contributed by atoms with Crippen molar-refractivity contribution in [1.29, 1.82) is 0 Å². The molecule has 0 aromatic heterocycles. The molecule has 0 N–H and O–H groups in total. The van der Waals surface area contributed by atoms with E-state index >= 15 is 0 Å². The highest BCUT2D eigenvalue weighted by atomic mass is 16.7. The lowest BCUT2D eigenvalue weighted by molar-refractivity contribution is 0.174. The molecule has 3 nitrogen and oxygen atoms in total. The molecule has 0 fully saturated rings. The van der Waals surface area contributed by atoms with Crippen molar-refractivity contribution in [3.8, 4) is 11.5 Å².